The molecule has 0 spiro atoms. The Morgan fingerprint density at radius 3 is 2.62 bits per heavy atom. The zero-order valence-corrected chi connectivity index (χ0v) is 8.60. The van der Waals surface area contributed by atoms with Crippen LogP contribution in [0.2, 0.25) is 0 Å². The normalized spacial score (nSPS) is 25.7. The van der Waals surface area contributed by atoms with E-state index >= 15 is 0 Å². The van der Waals surface area contributed by atoms with Gasteiger partial charge < -0.3 is 10.6 Å². The van der Waals surface area contributed by atoms with Gasteiger partial charge in [-0.25, -0.2) is 0 Å². The third-order valence-corrected chi connectivity index (χ3v) is 2.47. The second-order valence-corrected chi connectivity index (χ2v) is 3.86. The maximum atomic E-state index is 11.3. The van der Waals surface area contributed by atoms with Crippen LogP contribution < -0.4 is 10.6 Å². The van der Waals surface area contributed by atoms with Crippen LogP contribution in [0.4, 0.5) is 0 Å². The molecule has 3 heteroatoms. The van der Waals surface area contributed by atoms with Crippen LogP contribution in [0.25, 0.3) is 0 Å². The molecule has 0 saturated heterocycles. The molecule has 1 aliphatic rings. The van der Waals surface area contributed by atoms with Gasteiger partial charge in [-0.15, -0.1) is 0 Å². The van der Waals surface area contributed by atoms with Crippen LogP contribution in [-0.2, 0) is 4.79 Å². The summed E-state index contributed by atoms with van der Waals surface area (Å²) in [4.78, 5) is 11.3. The van der Waals surface area contributed by atoms with Crippen LogP contribution in [0.3, 0.4) is 0 Å². The summed E-state index contributed by atoms with van der Waals surface area (Å²) >= 11 is 0. The van der Waals surface area contributed by atoms with Crippen molar-refractivity contribution >= 4 is 5.91 Å². The first-order chi connectivity index (χ1) is 6.25. The lowest BCUT2D eigenvalue weighted by Crippen LogP contribution is -2.33. The first-order valence-electron chi connectivity index (χ1n) is 5.24. The summed E-state index contributed by atoms with van der Waals surface area (Å²) in [5.41, 5.74) is 0. The van der Waals surface area contributed by atoms with E-state index in [-0.39, 0.29) is 5.91 Å². The predicted octanol–water partition coefficient (Wildman–Crippen LogP) is 0.758. The molecule has 1 amide bonds. The van der Waals surface area contributed by atoms with Crippen molar-refractivity contribution in [2.24, 2.45) is 11.8 Å². The van der Waals surface area contributed by atoms with Crippen molar-refractivity contribution in [1.29, 1.82) is 0 Å². The summed E-state index contributed by atoms with van der Waals surface area (Å²) < 4.78 is 0. The van der Waals surface area contributed by atoms with Gasteiger partial charge in [0.05, 0.1) is 0 Å². The van der Waals surface area contributed by atoms with E-state index in [4.69, 9.17) is 0 Å². The fraction of sp³-hybridized carbons (Fsp3) is 0.900. The zero-order chi connectivity index (χ0) is 9.68. The minimum atomic E-state index is 0.241. The largest absolute Gasteiger partial charge is 0.355 e. The Bertz CT molecular complexity index is 170. The van der Waals surface area contributed by atoms with Crippen LogP contribution in [0.5, 0.6) is 0 Å². The lowest BCUT2D eigenvalue weighted by molar-refractivity contribution is -0.122. The molecule has 2 unspecified atom stereocenters. The summed E-state index contributed by atoms with van der Waals surface area (Å²) in [6.07, 6.45) is 2.22. The standard InChI is InChI=1S/C10H20N2O/c1-3-4-11-5-6-12-10(13)9-7-8(9)2/h8-9,11H,3-7H2,1-2H3,(H,12,13). The van der Waals surface area contributed by atoms with Crippen molar-refractivity contribution in [3.8, 4) is 0 Å². The Hall–Kier alpha value is -0.570. The van der Waals surface area contributed by atoms with E-state index in [9.17, 15) is 4.79 Å². The monoisotopic (exact) mass is 184 g/mol. The number of carbonyl (C=O) groups excluding carboxylic acids is 1. The number of rotatable bonds is 6. The number of carbonyl (C=O) groups is 1. The molecule has 0 bridgehead atoms. The van der Waals surface area contributed by atoms with E-state index in [1.54, 1.807) is 0 Å². The van der Waals surface area contributed by atoms with Gasteiger partial charge >= 0.3 is 0 Å². The van der Waals surface area contributed by atoms with Gasteiger partial charge in [0.2, 0.25) is 5.91 Å². The van der Waals surface area contributed by atoms with Gasteiger partial charge in [0.15, 0.2) is 0 Å². The number of hydrogen-bond acceptors (Lipinski definition) is 2. The van der Waals surface area contributed by atoms with Crippen LogP contribution in [-0.4, -0.2) is 25.5 Å². The Labute approximate surface area is 80.3 Å². The minimum absolute atomic E-state index is 0.241. The smallest absolute Gasteiger partial charge is 0.223 e. The van der Waals surface area contributed by atoms with E-state index in [0.717, 1.165) is 32.5 Å². The van der Waals surface area contributed by atoms with Crippen molar-refractivity contribution in [3.63, 3.8) is 0 Å². The molecule has 0 aromatic heterocycles. The Kier molecular flexibility index (Phi) is 4.22. The van der Waals surface area contributed by atoms with Crippen molar-refractivity contribution in [3.05, 3.63) is 0 Å². The van der Waals surface area contributed by atoms with E-state index in [1.807, 2.05) is 0 Å². The first kappa shape index (κ1) is 10.5. The van der Waals surface area contributed by atoms with Gasteiger partial charge in [-0.1, -0.05) is 13.8 Å². The van der Waals surface area contributed by atoms with Crippen molar-refractivity contribution < 1.29 is 4.79 Å². The topological polar surface area (TPSA) is 41.1 Å². The highest BCUT2D eigenvalue weighted by molar-refractivity contribution is 5.81. The predicted molar refractivity (Wildman–Crippen MR) is 53.4 cm³/mol. The Morgan fingerprint density at radius 1 is 1.38 bits per heavy atom. The molecule has 0 heterocycles. The highest BCUT2D eigenvalue weighted by Gasteiger charge is 2.38. The van der Waals surface area contributed by atoms with Gasteiger partial charge in [-0.2, -0.15) is 0 Å². The summed E-state index contributed by atoms with van der Waals surface area (Å²) in [7, 11) is 0. The average molecular weight is 184 g/mol. The third-order valence-electron chi connectivity index (χ3n) is 2.47. The van der Waals surface area contributed by atoms with Gasteiger partial charge in [0.1, 0.15) is 0 Å². The zero-order valence-electron chi connectivity index (χ0n) is 8.60. The second kappa shape index (κ2) is 5.22. The molecular formula is C10H20N2O. The second-order valence-electron chi connectivity index (χ2n) is 3.86. The van der Waals surface area contributed by atoms with Crippen LogP contribution in [0, 0.1) is 11.8 Å². The van der Waals surface area contributed by atoms with E-state index in [0.29, 0.717) is 11.8 Å². The molecule has 1 saturated carbocycles. The average Bonchev–Trinajstić information content (AvgIpc) is 2.82. The Morgan fingerprint density at radius 2 is 2.08 bits per heavy atom. The quantitative estimate of drug-likeness (QED) is 0.598. The van der Waals surface area contributed by atoms with Gasteiger partial charge in [0, 0.05) is 19.0 Å². The molecule has 1 aliphatic carbocycles. The summed E-state index contributed by atoms with van der Waals surface area (Å²) in [5.74, 6) is 1.17. The number of amides is 1. The summed E-state index contributed by atoms with van der Waals surface area (Å²) in [6, 6.07) is 0. The van der Waals surface area contributed by atoms with E-state index in [1.165, 1.54) is 0 Å². The molecule has 76 valence electrons. The first-order valence-corrected chi connectivity index (χ1v) is 5.24. The molecule has 0 aromatic carbocycles. The van der Waals surface area contributed by atoms with Crippen LogP contribution in [0.1, 0.15) is 26.7 Å². The summed E-state index contributed by atoms with van der Waals surface area (Å²) in [6.45, 7) is 6.95. The fourth-order valence-electron chi connectivity index (χ4n) is 1.39. The number of nitrogens with one attached hydrogen (secondary N) is 2. The highest BCUT2D eigenvalue weighted by Crippen LogP contribution is 2.37. The van der Waals surface area contributed by atoms with Crippen molar-refractivity contribution in [2.45, 2.75) is 26.7 Å². The lowest BCUT2D eigenvalue weighted by Gasteiger charge is -2.04. The summed E-state index contributed by atoms with van der Waals surface area (Å²) in [5, 5.41) is 6.18. The van der Waals surface area contributed by atoms with Crippen LogP contribution >= 0.6 is 0 Å². The van der Waals surface area contributed by atoms with Gasteiger partial charge in [-0.3, -0.25) is 4.79 Å². The molecule has 1 fully saturated rings. The molecule has 13 heavy (non-hydrogen) atoms. The molecular weight excluding hydrogens is 164 g/mol. The van der Waals surface area contributed by atoms with E-state index in [2.05, 4.69) is 24.5 Å². The maximum absolute atomic E-state index is 11.3. The van der Waals surface area contributed by atoms with E-state index < -0.39 is 0 Å². The van der Waals surface area contributed by atoms with Crippen LogP contribution in [0.15, 0.2) is 0 Å². The molecule has 2 atom stereocenters. The molecule has 0 aromatic rings. The Balaban J connectivity index is 1.91. The highest BCUT2D eigenvalue weighted by atomic mass is 16.2. The minimum Gasteiger partial charge on any atom is -0.355 e. The van der Waals surface area contributed by atoms with Crippen molar-refractivity contribution in [2.75, 3.05) is 19.6 Å². The molecule has 0 aliphatic heterocycles. The lowest BCUT2D eigenvalue weighted by atomic mass is 10.3. The SMILES string of the molecule is CCCNCCNC(=O)C1CC1C. The fourth-order valence-corrected chi connectivity index (χ4v) is 1.39. The molecule has 3 nitrogen and oxygen atoms in total. The number of hydrogen-bond donors (Lipinski definition) is 2. The molecule has 2 N–H and O–H groups in total. The maximum Gasteiger partial charge on any atom is 0.223 e. The third kappa shape index (κ3) is 3.77. The van der Waals surface area contributed by atoms with Gasteiger partial charge in [-0.05, 0) is 25.3 Å². The van der Waals surface area contributed by atoms with Gasteiger partial charge in [0.25, 0.3) is 0 Å². The molecule has 1 rings (SSSR count). The van der Waals surface area contributed by atoms with Crippen molar-refractivity contribution in [1.82, 2.24) is 10.6 Å². The molecule has 0 radical (unpaired) electrons.